The van der Waals surface area contributed by atoms with Crippen molar-refractivity contribution in [3.8, 4) is 11.1 Å². The molecule has 2 amide bonds. The average molecular weight is 426 g/mol. The number of rotatable bonds is 9. The number of likely N-dealkylation sites (N-methyl/N-ethyl adjacent to an activating group) is 1. The molecule has 1 aliphatic rings. The maximum Gasteiger partial charge on any atom is 0.407 e. The third-order valence-electron chi connectivity index (χ3n) is 5.30. The summed E-state index contributed by atoms with van der Waals surface area (Å²) in [5, 5.41) is 11.3. The fourth-order valence-electron chi connectivity index (χ4n) is 3.76. The summed E-state index contributed by atoms with van der Waals surface area (Å²) in [5.74, 6) is -1.54. The van der Waals surface area contributed by atoms with E-state index in [1.54, 1.807) is 0 Å². The molecule has 2 aromatic rings. The summed E-state index contributed by atoms with van der Waals surface area (Å²) in [6, 6.07) is 15.0. The van der Waals surface area contributed by atoms with Crippen molar-refractivity contribution in [1.29, 1.82) is 0 Å². The molecule has 0 radical (unpaired) electrons. The zero-order valence-corrected chi connectivity index (χ0v) is 17.5. The number of carbonyl (C=O) groups excluding carboxylic acids is 2. The van der Waals surface area contributed by atoms with E-state index < -0.39 is 24.0 Å². The summed E-state index contributed by atoms with van der Waals surface area (Å²) in [5.41, 5.74) is 4.43. The van der Waals surface area contributed by atoms with Gasteiger partial charge in [-0.3, -0.25) is 9.59 Å². The van der Waals surface area contributed by atoms with Crippen molar-refractivity contribution >= 4 is 18.0 Å². The molecule has 0 unspecified atom stereocenters. The molecule has 164 valence electrons. The van der Waals surface area contributed by atoms with E-state index in [1.165, 1.54) is 19.1 Å². The largest absolute Gasteiger partial charge is 0.481 e. The maximum atomic E-state index is 12.6. The monoisotopic (exact) mass is 426 g/mol. The van der Waals surface area contributed by atoms with Gasteiger partial charge >= 0.3 is 12.1 Å². The van der Waals surface area contributed by atoms with Gasteiger partial charge in [-0.05, 0) is 22.3 Å². The number of carboxylic acids is 1. The summed E-state index contributed by atoms with van der Waals surface area (Å²) in [6.07, 6.45) is -0.920. The Bertz CT molecular complexity index is 915. The lowest BCUT2D eigenvalue weighted by Crippen LogP contribution is -2.50. The summed E-state index contributed by atoms with van der Waals surface area (Å²) >= 11 is 0. The smallest absolute Gasteiger partial charge is 0.407 e. The number of carbonyl (C=O) groups is 3. The molecule has 31 heavy (non-hydrogen) atoms. The van der Waals surface area contributed by atoms with Crippen molar-refractivity contribution in [2.75, 3.05) is 33.9 Å². The number of amides is 2. The number of benzene rings is 2. The van der Waals surface area contributed by atoms with Crippen LogP contribution in [0.5, 0.6) is 0 Å². The van der Waals surface area contributed by atoms with Crippen molar-refractivity contribution in [1.82, 2.24) is 10.2 Å². The molecule has 1 aliphatic carbocycles. The van der Waals surface area contributed by atoms with E-state index in [-0.39, 0.29) is 32.1 Å². The van der Waals surface area contributed by atoms with Gasteiger partial charge in [0, 0.05) is 26.6 Å². The lowest BCUT2D eigenvalue weighted by atomic mass is 9.98. The van der Waals surface area contributed by atoms with Crippen LogP contribution in [0.25, 0.3) is 11.1 Å². The zero-order valence-electron chi connectivity index (χ0n) is 17.5. The number of fused-ring (bicyclic) bond motifs is 3. The first-order valence-electron chi connectivity index (χ1n) is 9.99. The van der Waals surface area contributed by atoms with Crippen molar-refractivity contribution < 1.29 is 29.0 Å². The van der Waals surface area contributed by atoms with Crippen LogP contribution in [-0.2, 0) is 19.1 Å². The standard InChI is InChI=1S/C23H26N2O6/c1-25(12-11-21(26)27)22(28)20(14-30-2)24-23(29)31-13-19-17-9-5-3-7-15(17)16-8-4-6-10-18(16)19/h3-10,19-20H,11-14H2,1-2H3,(H,24,29)(H,26,27)/t20-/m0/s1. The van der Waals surface area contributed by atoms with Crippen LogP contribution in [0.4, 0.5) is 4.79 Å². The number of aliphatic carboxylic acids is 1. The predicted octanol–water partition coefficient (Wildman–Crippen LogP) is 2.47. The van der Waals surface area contributed by atoms with Gasteiger partial charge in [0.2, 0.25) is 5.91 Å². The Hall–Kier alpha value is -3.39. The van der Waals surface area contributed by atoms with Crippen LogP contribution in [-0.4, -0.2) is 67.9 Å². The molecular weight excluding hydrogens is 400 g/mol. The van der Waals surface area contributed by atoms with Crippen molar-refractivity contribution in [3.63, 3.8) is 0 Å². The molecule has 2 N–H and O–H groups in total. The van der Waals surface area contributed by atoms with Gasteiger partial charge in [-0.15, -0.1) is 0 Å². The highest BCUT2D eigenvalue weighted by molar-refractivity contribution is 5.86. The molecule has 0 aliphatic heterocycles. The average Bonchev–Trinajstić information content (AvgIpc) is 3.09. The van der Waals surface area contributed by atoms with E-state index >= 15 is 0 Å². The Balaban J connectivity index is 1.63. The fourth-order valence-corrected chi connectivity index (χ4v) is 3.76. The van der Waals surface area contributed by atoms with Crippen LogP contribution in [0.2, 0.25) is 0 Å². The normalized spacial score (nSPS) is 13.1. The minimum Gasteiger partial charge on any atom is -0.481 e. The molecule has 1 atom stereocenters. The van der Waals surface area contributed by atoms with Gasteiger partial charge < -0.3 is 24.8 Å². The molecule has 0 spiro atoms. The Labute approximate surface area is 180 Å². The van der Waals surface area contributed by atoms with Crippen molar-refractivity contribution in [2.24, 2.45) is 0 Å². The number of methoxy groups -OCH3 is 1. The minimum absolute atomic E-state index is 0.0285. The second-order valence-electron chi connectivity index (χ2n) is 7.38. The summed E-state index contributed by atoms with van der Waals surface area (Å²) < 4.78 is 10.5. The number of nitrogens with one attached hydrogen (secondary N) is 1. The van der Waals surface area contributed by atoms with Gasteiger partial charge in [-0.25, -0.2) is 4.79 Å². The number of carboxylic acid groups (broad SMARTS) is 1. The van der Waals surface area contributed by atoms with Gasteiger partial charge in [0.25, 0.3) is 0 Å². The zero-order chi connectivity index (χ0) is 22.4. The van der Waals surface area contributed by atoms with E-state index in [0.29, 0.717) is 0 Å². The van der Waals surface area contributed by atoms with E-state index in [1.807, 2.05) is 36.4 Å². The SMILES string of the molecule is COC[C@H](NC(=O)OCC1c2ccccc2-c2ccccc21)C(=O)N(C)CCC(=O)O. The third kappa shape index (κ3) is 5.21. The molecule has 0 aromatic heterocycles. The van der Waals surface area contributed by atoms with Crippen molar-refractivity contribution in [2.45, 2.75) is 18.4 Å². The van der Waals surface area contributed by atoms with E-state index in [9.17, 15) is 14.4 Å². The number of alkyl carbamates (subject to hydrolysis) is 1. The van der Waals surface area contributed by atoms with Gasteiger partial charge in [-0.1, -0.05) is 48.5 Å². The summed E-state index contributed by atoms with van der Waals surface area (Å²) in [4.78, 5) is 37.0. The fraction of sp³-hybridized carbons (Fsp3) is 0.348. The molecule has 2 aromatic carbocycles. The lowest BCUT2D eigenvalue weighted by Gasteiger charge is -2.24. The highest BCUT2D eigenvalue weighted by atomic mass is 16.5. The summed E-state index contributed by atoms with van der Waals surface area (Å²) in [6.45, 7) is 0.101. The highest BCUT2D eigenvalue weighted by Gasteiger charge is 2.30. The molecule has 8 heteroatoms. The first-order valence-corrected chi connectivity index (χ1v) is 9.99. The Morgan fingerprint density at radius 2 is 1.65 bits per heavy atom. The molecule has 0 bridgehead atoms. The van der Waals surface area contributed by atoms with E-state index in [2.05, 4.69) is 17.4 Å². The van der Waals surface area contributed by atoms with Crippen LogP contribution in [0.15, 0.2) is 48.5 Å². The molecule has 0 saturated heterocycles. The van der Waals surface area contributed by atoms with Crippen LogP contribution < -0.4 is 5.32 Å². The second-order valence-corrected chi connectivity index (χ2v) is 7.38. The quantitative estimate of drug-likeness (QED) is 0.638. The van der Waals surface area contributed by atoms with Gasteiger partial charge in [0.15, 0.2) is 0 Å². The maximum absolute atomic E-state index is 12.6. The van der Waals surface area contributed by atoms with Gasteiger partial charge in [0.05, 0.1) is 13.0 Å². The lowest BCUT2D eigenvalue weighted by molar-refractivity contribution is -0.138. The second kappa shape index (κ2) is 10.1. The number of ether oxygens (including phenoxy) is 2. The molecular formula is C23H26N2O6. The van der Waals surface area contributed by atoms with Crippen LogP contribution in [0.1, 0.15) is 23.5 Å². The first-order chi connectivity index (χ1) is 14.9. The highest BCUT2D eigenvalue weighted by Crippen LogP contribution is 2.44. The van der Waals surface area contributed by atoms with Crippen LogP contribution in [0.3, 0.4) is 0 Å². The number of nitrogens with zero attached hydrogens (tertiary/aromatic N) is 1. The Morgan fingerprint density at radius 1 is 1.06 bits per heavy atom. The van der Waals surface area contributed by atoms with E-state index in [0.717, 1.165) is 22.3 Å². The van der Waals surface area contributed by atoms with E-state index in [4.69, 9.17) is 14.6 Å². The Kier molecular flexibility index (Phi) is 7.25. The minimum atomic E-state index is -1.01. The topological polar surface area (TPSA) is 105 Å². The number of hydrogen-bond donors (Lipinski definition) is 2. The third-order valence-corrected chi connectivity index (χ3v) is 5.30. The predicted molar refractivity (Wildman–Crippen MR) is 114 cm³/mol. The molecule has 0 fully saturated rings. The molecule has 8 nitrogen and oxygen atoms in total. The number of hydrogen-bond acceptors (Lipinski definition) is 5. The Morgan fingerprint density at radius 3 is 2.19 bits per heavy atom. The van der Waals surface area contributed by atoms with Gasteiger partial charge in [0.1, 0.15) is 12.6 Å². The van der Waals surface area contributed by atoms with Crippen LogP contribution >= 0.6 is 0 Å². The van der Waals surface area contributed by atoms with Gasteiger partial charge in [-0.2, -0.15) is 0 Å². The molecule has 0 heterocycles. The van der Waals surface area contributed by atoms with Crippen LogP contribution in [0, 0.1) is 0 Å². The first kappa shape index (κ1) is 22.3. The molecule has 0 saturated carbocycles. The molecule has 3 rings (SSSR count). The summed E-state index contributed by atoms with van der Waals surface area (Å²) in [7, 11) is 2.89. The van der Waals surface area contributed by atoms with Crippen molar-refractivity contribution in [3.05, 3.63) is 59.7 Å².